The lowest BCUT2D eigenvalue weighted by atomic mass is 10.1. The van der Waals surface area contributed by atoms with E-state index in [-0.39, 0.29) is 5.57 Å². The van der Waals surface area contributed by atoms with Crippen molar-refractivity contribution in [2.45, 2.75) is 20.5 Å². The zero-order valence-electron chi connectivity index (χ0n) is 18.4. The number of hydrogen-bond acceptors (Lipinski definition) is 4. The summed E-state index contributed by atoms with van der Waals surface area (Å²) in [4.78, 5) is 12.7. The summed E-state index contributed by atoms with van der Waals surface area (Å²) < 4.78 is 11.3. The first-order valence-corrected chi connectivity index (χ1v) is 10.8. The Hall–Kier alpha value is -3.46. The van der Waals surface area contributed by atoms with E-state index in [1.807, 2.05) is 44.2 Å². The lowest BCUT2D eigenvalue weighted by Crippen LogP contribution is -2.14. The molecule has 0 heterocycles. The summed E-state index contributed by atoms with van der Waals surface area (Å²) in [7, 11) is 1.50. The number of anilines is 1. The highest BCUT2D eigenvalue weighted by molar-refractivity contribution is 6.32. The number of carbonyl (C=O) groups is 1. The average Bonchev–Trinajstić information content (AvgIpc) is 2.79. The smallest absolute Gasteiger partial charge is 0.266 e. The number of carbonyl (C=O) groups excluding carboxylic acids is 1. The molecule has 0 radical (unpaired) electrons. The number of methoxy groups -OCH3 is 1. The zero-order chi connectivity index (χ0) is 24.0. The highest BCUT2D eigenvalue weighted by Gasteiger charge is 2.15. The Labute approximate surface area is 203 Å². The van der Waals surface area contributed by atoms with Crippen molar-refractivity contribution in [1.82, 2.24) is 0 Å². The predicted molar refractivity (Wildman–Crippen MR) is 132 cm³/mol. The Balaban J connectivity index is 1.83. The Morgan fingerprint density at radius 1 is 1.09 bits per heavy atom. The lowest BCUT2D eigenvalue weighted by Gasteiger charge is -2.14. The average molecular weight is 481 g/mol. The molecular formula is C26H22Cl2N2O3. The van der Waals surface area contributed by atoms with Gasteiger partial charge in [0.2, 0.25) is 0 Å². The fourth-order valence-corrected chi connectivity index (χ4v) is 3.48. The number of nitrogens with one attached hydrogen (secondary N) is 1. The van der Waals surface area contributed by atoms with Gasteiger partial charge in [-0.3, -0.25) is 4.79 Å². The minimum Gasteiger partial charge on any atom is -0.493 e. The topological polar surface area (TPSA) is 71.3 Å². The molecule has 3 rings (SSSR count). The predicted octanol–water partition coefficient (Wildman–Crippen LogP) is 6.74. The normalized spacial score (nSPS) is 11.0. The number of ether oxygens (including phenoxy) is 2. The van der Waals surface area contributed by atoms with E-state index in [1.165, 1.54) is 13.2 Å². The maximum atomic E-state index is 12.7. The summed E-state index contributed by atoms with van der Waals surface area (Å²) in [6.07, 6.45) is 1.44. The molecule has 0 aliphatic carbocycles. The van der Waals surface area contributed by atoms with Crippen LogP contribution in [0.1, 0.15) is 22.3 Å². The molecular weight excluding hydrogens is 459 g/mol. The van der Waals surface area contributed by atoms with Crippen molar-refractivity contribution in [3.63, 3.8) is 0 Å². The van der Waals surface area contributed by atoms with Crippen LogP contribution in [0.25, 0.3) is 6.08 Å². The number of hydrogen-bond donors (Lipinski definition) is 1. The largest absolute Gasteiger partial charge is 0.493 e. The molecule has 0 unspecified atom stereocenters. The quantitative estimate of drug-likeness (QED) is 0.300. The first kappa shape index (κ1) is 24.2. The van der Waals surface area contributed by atoms with Crippen LogP contribution >= 0.6 is 23.2 Å². The molecule has 1 N–H and O–H groups in total. The van der Waals surface area contributed by atoms with Gasteiger partial charge in [-0.05, 0) is 60.9 Å². The fourth-order valence-electron chi connectivity index (χ4n) is 3.04. The van der Waals surface area contributed by atoms with Crippen LogP contribution in [0.5, 0.6) is 11.5 Å². The molecule has 0 bridgehead atoms. The summed E-state index contributed by atoms with van der Waals surface area (Å²) >= 11 is 12.5. The maximum Gasteiger partial charge on any atom is 0.266 e. The van der Waals surface area contributed by atoms with Gasteiger partial charge < -0.3 is 14.8 Å². The molecule has 0 saturated heterocycles. The molecule has 0 aromatic heterocycles. The van der Waals surface area contributed by atoms with Crippen molar-refractivity contribution in [2.24, 2.45) is 0 Å². The van der Waals surface area contributed by atoms with Gasteiger partial charge in [0.05, 0.1) is 12.1 Å². The molecule has 0 atom stereocenters. The number of rotatable bonds is 7. The number of aryl methyl sites for hydroxylation is 2. The van der Waals surface area contributed by atoms with Gasteiger partial charge in [-0.25, -0.2) is 0 Å². The van der Waals surface area contributed by atoms with Crippen molar-refractivity contribution in [3.05, 3.63) is 92.5 Å². The lowest BCUT2D eigenvalue weighted by molar-refractivity contribution is -0.112. The Morgan fingerprint density at radius 3 is 2.48 bits per heavy atom. The molecule has 0 aliphatic heterocycles. The monoisotopic (exact) mass is 480 g/mol. The van der Waals surface area contributed by atoms with Crippen molar-refractivity contribution in [1.29, 1.82) is 5.26 Å². The van der Waals surface area contributed by atoms with E-state index < -0.39 is 5.91 Å². The van der Waals surface area contributed by atoms with E-state index in [9.17, 15) is 10.1 Å². The highest BCUT2D eigenvalue weighted by atomic mass is 35.5. The molecule has 0 spiro atoms. The number of amides is 1. The van der Waals surface area contributed by atoms with Gasteiger partial charge in [0, 0.05) is 10.7 Å². The van der Waals surface area contributed by atoms with Crippen LogP contribution in [0.15, 0.2) is 60.2 Å². The van der Waals surface area contributed by atoms with E-state index >= 15 is 0 Å². The zero-order valence-corrected chi connectivity index (χ0v) is 19.9. The Morgan fingerprint density at radius 2 is 1.82 bits per heavy atom. The standard InChI is InChI=1S/C26H22Cl2N2O3/c1-16-4-7-18(8-5-16)15-33-25-22(28)11-19(12-24(25)32-3)10-20(14-29)26(31)30-23-13-21(27)9-6-17(23)2/h4-13H,15H2,1-3H3,(H,30,31)/b20-10+. The second-order valence-electron chi connectivity index (χ2n) is 7.39. The van der Waals surface area contributed by atoms with Gasteiger partial charge in [-0.1, -0.05) is 59.1 Å². The van der Waals surface area contributed by atoms with Crippen LogP contribution in [-0.2, 0) is 11.4 Å². The molecule has 7 heteroatoms. The fraction of sp³-hybridized carbons (Fsp3) is 0.154. The number of benzene rings is 3. The summed E-state index contributed by atoms with van der Waals surface area (Å²) in [5.41, 5.74) is 3.93. The number of halogens is 2. The van der Waals surface area contributed by atoms with Crippen LogP contribution in [-0.4, -0.2) is 13.0 Å². The molecule has 0 aliphatic rings. The number of nitrogens with zero attached hydrogens (tertiary/aromatic N) is 1. The Kier molecular flexibility index (Phi) is 8.00. The Bertz CT molecular complexity index is 1250. The third kappa shape index (κ3) is 6.29. The van der Waals surface area contributed by atoms with Crippen LogP contribution in [0.2, 0.25) is 10.0 Å². The van der Waals surface area contributed by atoms with Crippen molar-refractivity contribution < 1.29 is 14.3 Å². The van der Waals surface area contributed by atoms with Crippen LogP contribution < -0.4 is 14.8 Å². The highest BCUT2D eigenvalue weighted by Crippen LogP contribution is 2.37. The van der Waals surface area contributed by atoms with Crippen LogP contribution in [0.4, 0.5) is 5.69 Å². The molecule has 3 aromatic carbocycles. The van der Waals surface area contributed by atoms with Gasteiger partial charge >= 0.3 is 0 Å². The van der Waals surface area contributed by atoms with Gasteiger partial charge in [0.1, 0.15) is 18.2 Å². The maximum absolute atomic E-state index is 12.7. The van der Waals surface area contributed by atoms with Crippen molar-refractivity contribution >= 4 is 40.9 Å². The second-order valence-corrected chi connectivity index (χ2v) is 8.24. The minimum atomic E-state index is -0.558. The SMILES string of the molecule is COc1cc(/C=C(\C#N)C(=O)Nc2cc(Cl)ccc2C)cc(Cl)c1OCc1ccc(C)cc1. The summed E-state index contributed by atoms with van der Waals surface area (Å²) in [6, 6.07) is 18.3. The molecule has 3 aromatic rings. The van der Waals surface area contributed by atoms with Gasteiger partial charge in [-0.2, -0.15) is 5.26 Å². The van der Waals surface area contributed by atoms with E-state index in [4.69, 9.17) is 32.7 Å². The van der Waals surface area contributed by atoms with E-state index in [2.05, 4.69) is 5.32 Å². The van der Waals surface area contributed by atoms with Crippen LogP contribution in [0, 0.1) is 25.2 Å². The summed E-state index contributed by atoms with van der Waals surface area (Å²) in [5, 5.41) is 13.0. The molecule has 0 saturated carbocycles. The molecule has 1 amide bonds. The first-order chi connectivity index (χ1) is 15.8. The third-order valence-electron chi connectivity index (χ3n) is 4.88. The second kappa shape index (κ2) is 10.9. The molecule has 0 fully saturated rings. The van der Waals surface area contributed by atoms with E-state index in [0.717, 1.165) is 16.7 Å². The third-order valence-corrected chi connectivity index (χ3v) is 5.40. The first-order valence-electron chi connectivity index (χ1n) is 10.1. The van der Waals surface area contributed by atoms with Gasteiger partial charge in [0.25, 0.3) is 5.91 Å². The molecule has 5 nitrogen and oxygen atoms in total. The molecule has 168 valence electrons. The summed E-state index contributed by atoms with van der Waals surface area (Å²) in [6.45, 7) is 4.17. The van der Waals surface area contributed by atoms with Gasteiger partial charge in [-0.15, -0.1) is 0 Å². The van der Waals surface area contributed by atoms with Crippen molar-refractivity contribution in [2.75, 3.05) is 12.4 Å². The molecule has 33 heavy (non-hydrogen) atoms. The van der Waals surface area contributed by atoms with E-state index in [1.54, 1.807) is 30.3 Å². The summed E-state index contributed by atoms with van der Waals surface area (Å²) in [5.74, 6) is 0.219. The minimum absolute atomic E-state index is 0.0965. The number of nitriles is 1. The van der Waals surface area contributed by atoms with E-state index in [0.29, 0.717) is 39.4 Å². The van der Waals surface area contributed by atoms with Crippen LogP contribution in [0.3, 0.4) is 0 Å². The van der Waals surface area contributed by atoms with Crippen molar-refractivity contribution in [3.8, 4) is 17.6 Å². The van der Waals surface area contributed by atoms with Gasteiger partial charge in [0.15, 0.2) is 11.5 Å².